The van der Waals surface area contributed by atoms with Gasteiger partial charge in [0.05, 0.1) is 5.56 Å². The minimum atomic E-state index is -4.29. The molecule has 28 heavy (non-hydrogen) atoms. The van der Waals surface area contributed by atoms with E-state index in [0.717, 1.165) is 45.0 Å². The Morgan fingerprint density at radius 1 is 0.929 bits per heavy atom. The van der Waals surface area contributed by atoms with Crippen molar-refractivity contribution in [2.45, 2.75) is 51.4 Å². The molecule has 2 aliphatic rings. The first-order valence-corrected chi connectivity index (χ1v) is 10.1. The third-order valence-electron chi connectivity index (χ3n) is 6.40. The number of piperidine rings is 1. The number of nitrogens with zero attached hydrogens (tertiary/aromatic N) is 2. The molecule has 2 heterocycles. The average Bonchev–Trinajstić information content (AvgIpc) is 2.69. The Morgan fingerprint density at radius 2 is 1.75 bits per heavy atom. The van der Waals surface area contributed by atoms with E-state index >= 15 is 0 Å². The summed E-state index contributed by atoms with van der Waals surface area (Å²) >= 11 is 0. The lowest BCUT2D eigenvalue weighted by molar-refractivity contribution is -0.137. The highest BCUT2D eigenvalue weighted by atomic mass is 19.4. The van der Waals surface area contributed by atoms with Gasteiger partial charge in [-0.3, -0.25) is 4.90 Å². The van der Waals surface area contributed by atoms with Gasteiger partial charge in [-0.15, -0.1) is 0 Å². The summed E-state index contributed by atoms with van der Waals surface area (Å²) in [5.41, 5.74) is 4.12. The fourth-order valence-corrected chi connectivity index (χ4v) is 4.69. The van der Waals surface area contributed by atoms with E-state index in [9.17, 15) is 13.2 Å². The minimum Gasteiger partial charge on any atom is -0.369 e. The van der Waals surface area contributed by atoms with Crippen LogP contribution >= 0.6 is 0 Å². The molecule has 2 unspecified atom stereocenters. The van der Waals surface area contributed by atoms with Crippen LogP contribution in [0.1, 0.15) is 47.6 Å². The number of hydrogen-bond acceptors (Lipinski definition) is 2. The predicted molar refractivity (Wildman–Crippen MR) is 107 cm³/mol. The molecule has 4 rings (SSSR count). The lowest BCUT2D eigenvalue weighted by Crippen LogP contribution is -2.55. The van der Waals surface area contributed by atoms with Gasteiger partial charge in [-0.05, 0) is 68.0 Å². The zero-order valence-electron chi connectivity index (χ0n) is 16.5. The van der Waals surface area contributed by atoms with Gasteiger partial charge in [0.25, 0.3) is 0 Å². The van der Waals surface area contributed by atoms with Crippen molar-refractivity contribution >= 4 is 5.69 Å². The molecule has 2 atom stereocenters. The third kappa shape index (κ3) is 3.77. The Balaban J connectivity index is 1.53. The lowest BCUT2D eigenvalue weighted by Gasteiger charge is -2.49. The summed E-state index contributed by atoms with van der Waals surface area (Å²) in [5, 5.41) is 0. The number of anilines is 1. The highest BCUT2D eigenvalue weighted by molar-refractivity contribution is 5.50. The first-order valence-electron chi connectivity index (χ1n) is 10.1. The van der Waals surface area contributed by atoms with Crippen molar-refractivity contribution in [3.8, 4) is 0 Å². The maximum atomic E-state index is 13.1. The predicted octanol–water partition coefficient (Wildman–Crippen LogP) is 5.74. The van der Waals surface area contributed by atoms with Crippen molar-refractivity contribution < 1.29 is 13.2 Å². The highest BCUT2D eigenvalue weighted by Crippen LogP contribution is 2.38. The molecule has 0 spiro atoms. The van der Waals surface area contributed by atoms with E-state index < -0.39 is 11.7 Å². The maximum Gasteiger partial charge on any atom is 0.416 e. The lowest BCUT2D eigenvalue weighted by atomic mass is 9.88. The number of rotatable bonds is 2. The van der Waals surface area contributed by atoms with Gasteiger partial charge in [0, 0.05) is 37.4 Å². The standard InChI is InChI=1S/C23H27F3N2/c1-16-9-10-18(13-17(16)2)22-8-4-7-21-15-27(11-12-28(21)22)20-6-3-5-19(14-20)23(24,25)26/h3,5-6,9-10,13-14,21-22H,4,7-8,11-12,15H2,1-2H3. The molecule has 0 aromatic heterocycles. The summed E-state index contributed by atoms with van der Waals surface area (Å²) in [4.78, 5) is 4.71. The van der Waals surface area contributed by atoms with Gasteiger partial charge in [0.2, 0.25) is 0 Å². The Kier molecular flexibility index (Phi) is 5.13. The van der Waals surface area contributed by atoms with Crippen LogP contribution in [-0.2, 0) is 6.18 Å². The Morgan fingerprint density at radius 3 is 2.50 bits per heavy atom. The van der Waals surface area contributed by atoms with Crippen LogP contribution in [0.4, 0.5) is 18.9 Å². The van der Waals surface area contributed by atoms with Crippen molar-refractivity contribution in [2.24, 2.45) is 0 Å². The molecule has 0 N–H and O–H groups in total. The third-order valence-corrected chi connectivity index (χ3v) is 6.40. The monoisotopic (exact) mass is 388 g/mol. The number of alkyl halides is 3. The van der Waals surface area contributed by atoms with E-state index in [1.54, 1.807) is 6.07 Å². The van der Waals surface area contributed by atoms with Crippen LogP contribution in [0, 0.1) is 13.8 Å². The van der Waals surface area contributed by atoms with E-state index in [1.165, 1.54) is 28.8 Å². The van der Waals surface area contributed by atoms with Crippen LogP contribution in [0.2, 0.25) is 0 Å². The molecule has 0 radical (unpaired) electrons. The van der Waals surface area contributed by atoms with Crippen molar-refractivity contribution in [2.75, 3.05) is 24.5 Å². The molecule has 0 amide bonds. The van der Waals surface area contributed by atoms with Crippen LogP contribution < -0.4 is 4.90 Å². The molecular weight excluding hydrogens is 361 g/mol. The van der Waals surface area contributed by atoms with Crippen LogP contribution in [-0.4, -0.2) is 30.6 Å². The van der Waals surface area contributed by atoms with Gasteiger partial charge in [-0.1, -0.05) is 24.3 Å². The zero-order chi connectivity index (χ0) is 19.9. The number of aryl methyl sites for hydroxylation is 2. The Hall–Kier alpha value is -2.01. The van der Waals surface area contributed by atoms with E-state index in [4.69, 9.17) is 0 Å². The fourth-order valence-electron chi connectivity index (χ4n) is 4.69. The molecule has 2 aromatic carbocycles. The second-order valence-electron chi connectivity index (χ2n) is 8.18. The molecule has 2 saturated heterocycles. The van der Waals surface area contributed by atoms with Gasteiger partial charge in [0.1, 0.15) is 0 Å². The van der Waals surface area contributed by atoms with Crippen LogP contribution in [0.5, 0.6) is 0 Å². The molecule has 0 aliphatic carbocycles. The van der Waals surface area contributed by atoms with Gasteiger partial charge >= 0.3 is 6.18 Å². The zero-order valence-corrected chi connectivity index (χ0v) is 16.5. The minimum absolute atomic E-state index is 0.392. The first-order chi connectivity index (χ1) is 13.3. The van der Waals surface area contributed by atoms with Crippen LogP contribution in [0.3, 0.4) is 0 Å². The van der Waals surface area contributed by atoms with E-state index in [1.807, 2.05) is 0 Å². The maximum absolute atomic E-state index is 13.1. The molecule has 2 nitrogen and oxygen atoms in total. The van der Waals surface area contributed by atoms with Crippen molar-refractivity contribution in [1.29, 1.82) is 0 Å². The number of halogens is 3. The number of piperazine rings is 1. The largest absolute Gasteiger partial charge is 0.416 e. The van der Waals surface area contributed by atoms with Crippen molar-refractivity contribution in [1.82, 2.24) is 4.90 Å². The molecule has 2 aliphatic heterocycles. The van der Waals surface area contributed by atoms with Gasteiger partial charge in [0.15, 0.2) is 0 Å². The van der Waals surface area contributed by atoms with E-state index in [2.05, 4.69) is 41.8 Å². The molecule has 2 aromatic rings. The SMILES string of the molecule is Cc1ccc(C2CCCC3CN(c4cccc(C(F)(F)F)c4)CCN32)cc1C. The topological polar surface area (TPSA) is 6.48 Å². The second-order valence-corrected chi connectivity index (χ2v) is 8.18. The van der Waals surface area contributed by atoms with Gasteiger partial charge < -0.3 is 4.90 Å². The summed E-state index contributed by atoms with van der Waals surface area (Å²) in [6, 6.07) is 13.3. The second kappa shape index (κ2) is 7.43. The number of fused-ring (bicyclic) bond motifs is 1. The number of hydrogen-bond donors (Lipinski definition) is 0. The molecule has 0 saturated carbocycles. The van der Waals surface area contributed by atoms with Crippen LogP contribution in [0.25, 0.3) is 0 Å². The van der Waals surface area contributed by atoms with Gasteiger partial charge in [-0.2, -0.15) is 13.2 Å². The highest BCUT2D eigenvalue weighted by Gasteiger charge is 2.36. The Bertz CT molecular complexity index is 846. The summed E-state index contributed by atoms with van der Waals surface area (Å²) in [6.07, 6.45) is -0.869. The fraction of sp³-hybridized carbons (Fsp3) is 0.478. The summed E-state index contributed by atoms with van der Waals surface area (Å²) in [5.74, 6) is 0. The summed E-state index contributed by atoms with van der Waals surface area (Å²) < 4.78 is 39.2. The molecule has 0 bridgehead atoms. The van der Waals surface area contributed by atoms with E-state index in [0.29, 0.717) is 17.8 Å². The summed E-state index contributed by atoms with van der Waals surface area (Å²) in [6.45, 7) is 6.74. The molecule has 5 heteroatoms. The normalized spacial score (nSPS) is 23.5. The summed E-state index contributed by atoms with van der Waals surface area (Å²) in [7, 11) is 0. The van der Waals surface area contributed by atoms with E-state index in [-0.39, 0.29) is 0 Å². The smallest absolute Gasteiger partial charge is 0.369 e. The van der Waals surface area contributed by atoms with Gasteiger partial charge in [-0.25, -0.2) is 0 Å². The van der Waals surface area contributed by atoms with Crippen molar-refractivity contribution in [3.05, 3.63) is 64.7 Å². The Labute approximate surface area is 165 Å². The molecule has 150 valence electrons. The average molecular weight is 388 g/mol. The molecule has 2 fully saturated rings. The van der Waals surface area contributed by atoms with Crippen molar-refractivity contribution in [3.63, 3.8) is 0 Å². The molecular formula is C23H27F3N2. The van der Waals surface area contributed by atoms with Crippen LogP contribution in [0.15, 0.2) is 42.5 Å². The quantitative estimate of drug-likeness (QED) is 0.647. The number of benzene rings is 2. The first kappa shape index (κ1) is 19.3.